The number of aryl methyl sites for hydroxylation is 1. The highest BCUT2D eigenvalue weighted by Crippen LogP contribution is 2.27. The molecule has 0 atom stereocenters. The summed E-state index contributed by atoms with van der Waals surface area (Å²) in [5.41, 5.74) is 1.13. The smallest absolute Gasteiger partial charge is 0.261 e. The van der Waals surface area contributed by atoms with Gasteiger partial charge in [-0.1, -0.05) is 0 Å². The van der Waals surface area contributed by atoms with Crippen molar-refractivity contribution in [2.24, 2.45) is 0 Å². The van der Waals surface area contributed by atoms with Crippen molar-refractivity contribution >= 4 is 33.2 Å². The van der Waals surface area contributed by atoms with Gasteiger partial charge in [-0.25, -0.2) is 0 Å². The number of halogens is 1. The maximum atomic E-state index is 12.0. The minimum atomic E-state index is 0.0679. The molecule has 2 rings (SSSR count). The van der Waals surface area contributed by atoms with E-state index in [-0.39, 0.29) is 5.91 Å². The van der Waals surface area contributed by atoms with Crippen molar-refractivity contribution in [1.82, 2.24) is 10.2 Å². The molecule has 0 aromatic carbocycles. The van der Waals surface area contributed by atoms with Crippen molar-refractivity contribution in [3.8, 4) is 0 Å². The molecule has 1 aliphatic rings. The second kappa shape index (κ2) is 5.50. The van der Waals surface area contributed by atoms with Gasteiger partial charge in [-0.05, 0) is 67.5 Å². The number of carbonyl (C=O) groups excluding carboxylic acids is 1. The highest BCUT2D eigenvalue weighted by molar-refractivity contribution is 9.11. The lowest BCUT2D eigenvalue weighted by atomic mass is 10.1. The second-order valence-electron chi connectivity index (χ2n) is 4.62. The number of thiophene rings is 1. The van der Waals surface area contributed by atoms with Crippen LogP contribution in [0.1, 0.15) is 28.1 Å². The summed E-state index contributed by atoms with van der Waals surface area (Å²) in [7, 11) is 2.12. The van der Waals surface area contributed by atoms with Crippen LogP contribution in [0.4, 0.5) is 0 Å². The van der Waals surface area contributed by atoms with Crippen molar-refractivity contribution in [3.63, 3.8) is 0 Å². The first-order valence-electron chi connectivity index (χ1n) is 5.81. The number of carbonyl (C=O) groups is 1. The monoisotopic (exact) mass is 316 g/mol. The summed E-state index contributed by atoms with van der Waals surface area (Å²) in [4.78, 5) is 15.1. The second-order valence-corrected chi connectivity index (χ2v) is 6.99. The fourth-order valence-corrected chi connectivity index (χ4v) is 3.42. The Balaban J connectivity index is 1.93. The summed E-state index contributed by atoms with van der Waals surface area (Å²) >= 11 is 4.96. The Morgan fingerprint density at radius 1 is 1.53 bits per heavy atom. The van der Waals surface area contributed by atoms with E-state index in [0.29, 0.717) is 6.04 Å². The van der Waals surface area contributed by atoms with E-state index in [1.54, 1.807) is 0 Å². The number of hydrogen-bond acceptors (Lipinski definition) is 3. The fourth-order valence-electron chi connectivity index (χ4n) is 1.98. The zero-order valence-electron chi connectivity index (χ0n) is 10.1. The summed E-state index contributed by atoms with van der Waals surface area (Å²) in [5, 5.41) is 3.12. The summed E-state index contributed by atoms with van der Waals surface area (Å²) < 4.78 is 1.05. The maximum absolute atomic E-state index is 12.0. The molecule has 1 aliphatic heterocycles. The predicted molar refractivity (Wildman–Crippen MR) is 74.7 cm³/mol. The summed E-state index contributed by atoms with van der Waals surface area (Å²) in [6.07, 6.45) is 2.10. The quantitative estimate of drug-likeness (QED) is 0.909. The molecule has 2 heterocycles. The van der Waals surface area contributed by atoms with Crippen LogP contribution in [0, 0.1) is 6.92 Å². The first-order valence-corrected chi connectivity index (χ1v) is 7.42. The van der Waals surface area contributed by atoms with Gasteiger partial charge in [0, 0.05) is 6.04 Å². The van der Waals surface area contributed by atoms with E-state index >= 15 is 0 Å². The minimum absolute atomic E-state index is 0.0679. The molecule has 0 aliphatic carbocycles. The Labute approximate surface area is 114 Å². The number of likely N-dealkylation sites (tertiary alicyclic amines) is 1. The molecule has 5 heteroatoms. The topological polar surface area (TPSA) is 32.3 Å². The lowest BCUT2D eigenvalue weighted by molar-refractivity contribution is 0.0921. The zero-order chi connectivity index (χ0) is 12.4. The maximum Gasteiger partial charge on any atom is 0.261 e. The fraction of sp³-hybridized carbons (Fsp3) is 0.583. The van der Waals surface area contributed by atoms with Crippen LogP contribution in [0.3, 0.4) is 0 Å². The van der Waals surface area contributed by atoms with Crippen LogP contribution in [0.5, 0.6) is 0 Å². The van der Waals surface area contributed by atoms with E-state index in [1.807, 2.05) is 13.0 Å². The van der Waals surface area contributed by atoms with Gasteiger partial charge in [-0.2, -0.15) is 0 Å². The molecule has 94 valence electrons. The number of piperidine rings is 1. The molecule has 1 N–H and O–H groups in total. The molecule has 3 nitrogen and oxygen atoms in total. The predicted octanol–water partition coefficient (Wildman–Crippen LogP) is 2.64. The molecule has 0 spiro atoms. The number of nitrogens with one attached hydrogen (secondary N) is 1. The lowest BCUT2D eigenvalue weighted by Gasteiger charge is -2.29. The Morgan fingerprint density at radius 2 is 2.18 bits per heavy atom. The summed E-state index contributed by atoms with van der Waals surface area (Å²) in [6, 6.07) is 2.28. The summed E-state index contributed by atoms with van der Waals surface area (Å²) in [5.74, 6) is 0.0679. The number of nitrogens with zero attached hydrogens (tertiary/aromatic N) is 1. The third-order valence-electron chi connectivity index (χ3n) is 3.13. The third kappa shape index (κ3) is 3.30. The molecule has 0 saturated carbocycles. The van der Waals surface area contributed by atoms with E-state index in [0.717, 1.165) is 40.2 Å². The van der Waals surface area contributed by atoms with Crippen LogP contribution in [-0.2, 0) is 0 Å². The van der Waals surface area contributed by atoms with Crippen molar-refractivity contribution in [3.05, 3.63) is 20.3 Å². The van der Waals surface area contributed by atoms with Crippen LogP contribution in [-0.4, -0.2) is 37.0 Å². The van der Waals surface area contributed by atoms with Crippen molar-refractivity contribution < 1.29 is 4.79 Å². The molecule has 17 heavy (non-hydrogen) atoms. The zero-order valence-corrected chi connectivity index (χ0v) is 12.5. The van der Waals surface area contributed by atoms with Gasteiger partial charge in [0.1, 0.15) is 0 Å². The number of amides is 1. The van der Waals surface area contributed by atoms with Crippen LogP contribution in [0.2, 0.25) is 0 Å². The Morgan fingerprint density at radius 3 is 2.71 bits per heavy atom. The molecule has 1 fully saturated rings. The molecule has 0 radical (unpaired) electrons. The Bertz CT molecular complexity index is 391. The molecule has 0 bridgehead atoms. The van der Waals surface area contributed by atoms with E-state index in [9.17, 15) is 4.79 Å². The molecule has 1 aromatic rings. The van der Waals surface area contributed by atoms with Gasteiger partial charge in [-0.3, -0.25) is 4.79 Å². The Kier molecular flexibility index (Phi) is 4.22. The largest absolute Gasteiger partial charge is 0.349 e. The van der Waals surface area contributed by atoms with Crippen LogP contribution < -0.4 is 5.32 Å². The van der Waals surface area contributed by atoms with Gasteiger partial charge in [0.15, 0.2) is 0 Å². The SMILES string of the molecule is Cc1cc(C(=O)NC2CCN(C)CC2)sc1Br. The molecule has 1 saturated heterocycles. The van der Waals surface area contributed by atoms with E-state index < -0.39 is 0 Å². The summed E-state index contributed by atoms with van der Waals surface area (Å²) in [6.45, 7) is 4.14. The average Bonchev–Trinajstić information content (AvgIpc) is 2.63. The normalized spacial score (nSPS) is 18.3. The third-order valence-corrected chi connectivity index (χ3v) is 5.27. The van der Waals surface area contributed by atoms with E-state index in [1.165, 1.54) is 11.3 Å². The molecule has 0 unspecified atom stereocenters. The standard InChI is InChI=1S/C12H17BrN2OS/c1-8-7-10(17-11(8)13)12(16)14-9-3-5-15(2)6-4-9/h7,9H,3-6H2,1-2H3,(H,14,16). The highest BCUT2D eigenvalue weighted by Gasteiger charge is 2.20. The van der Waals surface area contributed by atoms with Crippen molar-refractivity contribution in [1.29, 1.82) is 0 Å². The van der Waals surface area contributed by atoms with Gasteiger partial charge in [0.05, 0.1) is 8.66 Å². The van der Waals surface area contributed by atoms with Crippen molar-refractivity contribution in [2.45, 2.75) is 25.8 Å². The number of hydrogen-bond donors (Lipinski definition) is 1. The number of rotatable bonds is 2. The molecule has 1 amide bonds. The molecular formula is C12H17BrN2OS. The van der Waals surface area contributed by atoms with Crippen LogP contribution >= 0.6 is 27.3 Å². The van der Waals surface area contributed by atoms with E-state index in [2.05, 4.69) is 33.2 Å². The first kappa shape index (κ1) is 13.1. The average molecular weight is 317 g/mol. The van der Waals surface area contributed by atoms with Gasteiger partial charge in [-0.15, -0.1) is 11.3 Å². The molecular weight excluding hydrogens is 300 g/mol. The van der Waals surface area contributed by atoms with Crippen molar-refractivity contribution in [2.75, 3.05) is 20.1 Å². The molecule has 1 aromatic heterocycles. The van der Waals surface area contributed by atoms with Crippen LogP contribution in [0.15, 0.2) is 9.85 Å². The minimum Gasteiger partial charge on any atom is -0.349 e. The lowest BCUT2D eigenvalue weighted by Crippen LogP contribution is -2.43. The van der Waals surface area contributed by atoms with Gasteiger partial charge in [0.25, 0.3) is 5.91 Å². The van der Waals surface area contributed by atoms with Gasteiger partial charge >= 0.3 is 0 Å². The van der Waals surface area contributed by atoms with Crippen LogP contribution in [0.25, 0.3) is 0 Å². The van der Waals surface area contributed by atoms with Gasteiger partial charge < -0.3 is 10.2 Å². The Hall–Kier alpha value is -0.390. The van der Waals surface area contributed by atoms with E-state index in [4.69, 9.17) is 0 Å². The first-order chi connectivity index (χ1) is 8.06. The highest BCUT2D eigenvalue weighted by atomic mass is 79.9. The van der Waals surface area contributed by atoms with Gasteiger partial charge in [0.2, 0.25) is 0 Å².